The van der Waals surface area contributed by atoms with Crippen LogP contribution in [0.4, 0.5) is 0 Å². The lowest BCUT2D eigenvalue weighted by molar-refractivity contribution is 0.0752. The quantitative estimate of drug-likeness (QED) is 0.640. The molecule has 2 aromatic heterocycles. The van der Waals surface area contributed by atoms with Gasteiger partial charge in [-0.2, -0.15) is 5.26 Å². The van der Waals surface area contributed by atoms with Gasteiger partial charge in [-0.3, -0.25) is 9.78 Å². The minimum atomic E-state index is -0.267. The molecule has 1 amide bonds. The third-order valence-corrected chi connectivity index (χ3v) is 3.76. The van der Waals surface area contributed by atoms with Gasteiger partial charge in [-0.05, 0) is 29.8 Å². The Bertz CT molecular complexity index is 957. The van der Waals surface area contributed by atoms with Crippen molar-refractivity contribution in [3.05, 3.63) is 84.3 Å². The molecule has 6 heteroatoms. The first kappa shape index (κ1) is 17.1. The maximum absolute atomic E-state index is 12.8. The molecule has 1 aromatic carbocycles. The molecule has 2 heterocycles. The van der Waals surface area contributed by atoms with Gasteiger partial charge in [0.25, 0.3) is 5.91 Å². The van der Waals surface area contributed by atoms with Crippen molar-refractivity contribution in [2.24, 2.45) is 0 Å². The fourth-order valence-electron chi connectivity index (χ4n) is 2.52. The Morgan fingerprint density at radius 3 is 2.81 bits per heavy atom. The molecule has 0 bridgehead atoms. The molecular weight excluding hydrogens is 328 g/mol. The van der Waals surface area contributed by atoms with E-state index < -0.39 is 0 Å². The van der Waals surface area contributed by atoms with Crippen LogP contribution in [0, 0.1) is 11.3 Å². The van der Waals surface area contributed by atoms with Crippen molar-refractivity contribution in [3.8, 4) is 17.4 Å². The Kier molecular flexibility index (Phi) is 5.20. The van der Waals surface area contributed by atoms with E-state index in [-0.39, 0.29) is 11.6 Å². The normalized spacial score (nSPS) is 10.1. The second-order valence-corrected chi connectivity index (χ2v) is 5.60. The van der Waals surface area contributed by atoms with Crippen molar-refractivity contribution in [2.45, 2.75) is 6.54 Å². The summed E-state index contributed by atoms with van der Waals surface area (Å²) >= 11 is 0. The SMILES string of the molecule is C=CCN(Cc1cccc(C#N)c1)C(=O)c1cc(-c2ccncc2)on1. The first-order chi connectivity index (χ1) is 12.7. The summed E-state index contributed by atoms with van der Waals surface area (Å²) in [7, 11) is 0. The van der Waals surface area contributed by atoms with Crippen molar-refractivity contribution < 1.29 is 9.32 Å². The first-order valence-electron chi connectivity index (χ1n) is 7.97. The van der Waals surface area contributed by atoms with Gasteiger partial charge in [0.15, 0.2) is 11.5 Å². The minimum absolute atomic E-state index is 0.218. The van der Waals surface area contributed by atoms with Crippen LogP contribution in [0.3, 0.4) is 0 Å². The summed E-state index contributed by atoms with van der Waals surface area (Å²) in [5.41, 5.74) is 2.42. The molecule has 128 valence electrons. The molecular formula is C20H16N4O2. The third kappa shape index (κ3) is 3.84. The fourth-order valence-corrected chi connectivity index (χ4v) is 2.52. The Morgan fingerprint density at radius 2 is 2.08 bits per heavy atom. The summed E-state index contributed by atoms with van der Waals surface area (Å²) in [4.78, 5) is 18.4. The molecule has 0 atom stereocenters. The topological polar surface area (TPSA) is 83.0 Å². The van der Waals surface area contributed by atoms with E-state index >= 15 is 0 Å². The third-order valence-electron chi connectivity index (χ3n) is 3.76. The molecule has 3 aromatic rings. The summed E-state index contributed by atoms with van der Waals surface area (Å²) in [5, 5.41) is 12.9. The predicted molar refractivity (Wildman–Crippen MR) is 95.8 cm³/mol. The highest BCUT2D eigenvalue weighted by atomic mass is 16.5. The molecule has 0 spiro atoms. The van der Waals surface area contributed by atoms with Crippen LogP contribution in [0.2, 0.25) is 0 Å². The number of aromatic nitrogens is 2. The molecule has 0 aliphatic heterocycles. The molecule has 26 heavy (non-hydrogen) atoms. The van der Waals surface area contributed by atoms with E-state index in [1.807, 2.05) is 6.07 Å². The van der Waals surface area contributed by atoms with Crippen molar-refractivity contribution >= 4 is 5.91 Å². The number of hydrogen-bond donors (Lipinski definition) is 0. The average Bonchev–Trinajstić information content (AvgIpc) is 3.18. The van der Waals surface area contributed by atoms with Crippen LogP contribution in [0.25, 0.3) is 11.3 Å². The zero-order valence-corrected chi connectivity index (χ0v) is 14.0. The molecule has 0 radical (unpaired) electrons. The minimum Gasteiger partial charge on any atom is -0.355 e. The molecule has 0 N–H and O–H groups in total. The van der Waals surface area contributed by atoms with Gasteiger partial charge in [0.2, 0.25) is 0 Å². The zero-order valence-electron chi connectivity index (χ0n) is 14.0. The lowest BCUT2D eigenvalue weighted by atomic mass is 10.1. The Balaban J connectivity index is 1.82. The Morgan fingerprint density at radius 1 is 1.27 bits per heavy atom. The zero-order chi connectivity index (χ0) is 18.4. The maximum Gasteiger partial charge on any atom is 0.276 e. The van der Waals surface area contributed by atoms with Gasteiger partial charge in [-0.25, -0.2) is 0 Å². The largest absolute Gasteiger partial charge is 0.355 e. The smallest absolute Gasteiger partial charge is 0.276 e. The number of pyridine rings is 1. The summed E-state index contributed by atoms with van der Waals surface area (Å²) in [6.07, 6.45) is 4.94. The number of hydrogen-bond acceptors (Lipinski definition) is 5. The van der Waals surface area contributed by atoms with Crippen molar-refractivity contribution in [2.75, 3.05) is 6.54 Å². The fraction of sp³-hybridized carbons (Fsp3) is 0.100. The second kappa shape index (κ2) is 7.90. The summed E-state index contributed by atoms with van der Waals surface area (Å²) < 4.78 is 5.29. The number of carbonyl (C=O) groups is 1. The molecule has 3 rings (SSSR count). The number of benzene rings is 1. The van der Waals surface area contributed by atoms with Gasteiger partial charge in [0, 0.05) is 37.1 Å². The number of nitrogens with zero attached hydrogens (tertiary/aromatic N) is 4. The van der Waals surface area contributed by atoms with Crippen LogP contribution in [-0.4, -0.2) is 27.5 Å². The van der Waals surface area contributed by atoms with E-state index in [9.17, 15) is 4.79 Å². The van der Waals surface area contributed by atoms with E-state index in [0.717, 1.165) is 11.1 Å². The lowest BCUT2D eigenvalue weighted by Gasteiger charge is -2.20. The van der Waals surface area contributed by atoms with Gasteiger partial charge >= 0.3 is 0 Å². The van der Waals surface area contributed by atoms with Crippen LogP contribution in [0.1, 0.15) is 21.6 Å². The van der Waals surface area contributed by atoms with Crippen molar-refractivity contribution in [1.82, 2.24) is 15.0 Å². The summed E-state index contributed by atoms with van der Waals surface area (Å²) in [5.74, 6) is 0.233. The van der Waals surface area contributed by atoms with E-state index in [1.54, 1.807) is 59.8 Å². The Labute approximate surface area is 151 Å². The number of rotatable bonds is 6. The second-order valence-electron chi connectivity index (χ2n) is 5.60. The highest BCUT2D eigenvalue weighted by Crippen LogP contribution is 2.20. The van der Waals surface area contributed by atoms with Crippen LogP contribution in [0.15, 0.2) is 72.0 Å². The van der Waals surface area contributed by atoms with Crippen molar-refractivity contribution in [1.29, 1.82) is 5.26 Å². The van der Waals surface area contributed by atoms with Gasteiger partial charge < -0.3 is 9.42 Å². The maximum atomic E-state index is 12.8. The first-order valence-corrected chi connectivity index (χ1v) is 7.97. The highest BCUT2D eigenvalue weighted by Gasteiger charge is 2.20. The van der Waals surface area contributed by atoms with Crippen LogP contribution < -0.4 is 0 Å². The van der Waals surface area contributed by atoms with E-state index in [0.29, 0.717) is 24.4 Å². The van der Waals surface area contributed by atoms with Crippen molar-refractivity contribution in [3.63, 3.8) is 0 Å². The van der Waals surface area contributed by atoms with Gasteiger partial charge in [-0.15, -0.1) is 6.58 Å². The van der Waals surface area contributed by atoms with Crippen LogP contribution >= 0.6 is 0 Å². The molecule has 0 aliphatic carbocycles. The van der Waals surface area contributed by atoms with Gasteiger partial charge in [0.1, 0.15) is 0 Å². The number of nitriles is 1. The lowest BCUT2D eigenvalue weighted by Crippen LogP contribution is -2.31. The average molecular weight is 344 g/mol. The summed E-state index contributed by atoms with van der Waals surface area (Å²) in [6.45, 7) is 4.41. The number of amides is 1. The molecule has 0 saturated carbocycles. The standard InChI is InChI=1S/C20H16N4O2/c1-2-10-24(14-16-5-3-4-15(11-16)13-21)20(25)18-12-19(26-23-18)17-6-8-22-9-7-17/h2-9,11-12H,1,10,14H2. The molecule has 0 fully saturated rings. The highest BCUT2D eigenvalue weighted by molar-refractivity contribution is 5.93. The predicted octanol–water partition coefficient (Wildman–Crippen LogP) is 3.44. The monoisotopic (exact) mass is 344 g/mol. The summed E-state index contributed by atoms with van der Waals surface area (Å²) in [6, 6.07) is 14.4. The van der Waals surface area contributed by atoms with E-state index in [1.165, 1.54) is 0 Å². The van der Waals surface area contributed by atoms with E-state index in [2.05, 4.69) is 22.8 Å². The van der Waals surface area contributed by atoms with Gasteiger partial charge in [-0.1, -0.05) is 23.4 Å². The van der Waals surface area contributed by atoms with Crippen LogP contribution in [0.5, 0.6) is 0 Å². The van der Waals surface area contributed by atoms with E-state index in [4.69, 9.17) is 9.78 Å². The van der Waals surface area contributed by atoms with Crippen LogP contribution in [-0.2, 0) is 6.54 Å². The number of carbonyl (C=O) groups excluding carboxylic acids is 1. The molecule has 0 saturated heterocycles. The van der Waals surface area contributed by atoms with Gasteiger partial charge in [0.05, 0.1) is 11.6 Å². The molecule has 0 unspecified atom stereocenters. The Hall–Kier alpha value is -3.72. The molecule has 6 nitrogen and oxygen atoms in total. The molecule has 0 aliphatic rings.